The highest BCUT2D eigenvalue weighted by atomic mass is 32.1. The van der Waals surface area contributed by atoms with E-state index in [1.807, 2.05) is 5.38 Å². The van der Waals surface area contributed by atoms with Crippen molar-refractivity contribution >= 4 is 17.3 Å². The number of carboxylic acid groups (broad SMARTS) is 1. The molecule has 5 nitrogen and oxygen atoms in total. The van der Waals surface area contributed by atoms with E-state index >= 15 is 0 Å². The number of carbonyl (C=O) groups is 1. The maximum absolute atomic E-state index is 10.7. The first-order chi connectivity index (χ1) is 7.66. The lowest BCUT2D eigenvalue weighted by atomic mass is 10.2. The normalized spacial score (nSPS) is 22.2. The SMILES string of the molecule is CC1COCCN1Cc1csc(C(=O)O)n1. The number of thiazole rings is 1. The summed E-state index contributed by atoms with van der Waals surface area (Å²) in [5, 5.41) is 10.7. The predicted molar refractivity (Wildman–Crippen MR) is 59.8 cm³/mol. The lowest BCUT2D eigenvalue weighted by molar-refractivity contribution is -0.00485. The molecule has 0 aromatic carbocycles. The minimum Gasteiger partial charge on any atom is -0.476 e. The molecule has 0 saturated carbocycles. The highest BCUT2D eigenvalue weighted by Crippen LogP contribution is 2.15. The Kier molecular flexibility index (Phi) is 3.52. The number of nitrogens with zero attached hydrogens (tertiary/aromatic N) is 2. The van der Waals surface area contributed by atoms with Gasteiger partial charge in [0, 0.05) is 24.5 Å². The van der Waals surface area contributed by atoms with Gasteiger partial charge in [0.05, 0.1) is 18.9 Å². The molecule has 2 rings (SSSR count). The van der Waals surface area contributed by atoms with Gasteiger partial charge in [0.15, 0.2) is 0 Å². The first kappa shape index (κ1) is 11.5. The molecule has 1 N–H and O–H groups in total. The van der Waals surface area contributed by atoms with Gasteiger partial charge in [-0.3, -0.25) is 4.90 Å². The van der Waals surface area contributed by atoms with Gasteiger partial charge in [0.25, 0.3) is 0 Å². The topological polar surface area (TPSA) is 62.7 Å². The van der Waals surface area contributed by atoms with Crippen LogP contribution < -0.4 is 0 Å². The fourth-order valence-electron chi connectivity index (χ4n) is 1.68. The fourth-order valence-corrected chi connectivity index (χ4v) is 2.33. The van der Waals surface area contributed by atoms with Gasteiger partial charge < -0.3 is 9.84 Å². The number of hydrogen-bond acceptors (Lipinski definition) is 5. The van der Waals surface area contributed by atoms with Crippen molar-refractivity contribution in [3.63, 3.8) is 0 Å². The molecule has 0 spiro atoms. The maximum Gasteiger partial charge on any atom is 0.365 e. The van der Waals surface area contributed by atoms with Gasteiger partial charge in [0.2, 0.25) is 5.01 Å². The van der Waals surface area contributed by atoms with E-state index < -0.39 is 5.97 Å². The Morgan fingerprint density at radius 2 is 2.62 bits per heavy atom. The number of morpholine rings is 1. The lowest BCUT2D eigenvalue weighted by Crippen LogP contribution is -2.42. The quantitative estimate of drug-likeness (QED) is 0.858. The van der Waals surface area contributed by atoms with Crippen molar-refractivity contribution in [3.05, 3.63) is 16.1 Å². The molecule has 0 bridgehead atoms. The van der Waals surface area contributed by atoms with E-state index in [2.05, 4.69) is 16.8 Å². The van der Waals surface area contributed by atoms with Crippen molar-refractivity contribution in [1.82, 2.24) is 9.88 Å². The van der Waals surface area contributed by atoms with Crippen molar-refractivity contribution < 1.29 is 14.6 Å². The summed E-state index contributed by atoms with van der Waals surface area (Å²) in [4.78, 5) is 17.0. The van der Waals surface area contributed by atoms with Crippen LogP contribution in [0.1, 0.15) is 22.4 Å². The summed E-state index contributed by atoms with van der Waals surface area (Å²) in [6, 6.07) is 0.365. The van der Waals surface area contributed by atoms with Crippen LogP contribution in [0.2, 0.25) is 0 Å². The molecule has 0 amide bonds. The van der Waals surface area contributed by atoms with Crippen LogP contribution >= 0.6 is 11.3 Å². The molecule has 1 aromatic heterocycles. The van der Waals surface area contributed by atoms with E-state index in [1.54, 1.807) is 0 Å². The molecule has 1 aliphatic heterocycles. The summed E-state index contributed by atoms with van der Waals surface area (Å²) in [7, 11) is 0. The van der Waals surface area contributed by atoms with Gasteiger partial charge in [-0.25, -0.2) is 9.78 Å². The van der Waals surface area contributed by atoms with E-state index in [4.69, 9.17) is 9.84 Å². The van der Waals surface area contributed by atoms with Gasteiger partial charge in [0.1, 0.15) is 0 Å². The van der Waals surface area contributed by atoms with E-state index in [0.29, 0.717) is 12.6 Å². The Morgan fingerprint density at radius 3 is 3.25 bits per heavy atom. The molecule has 1 unspecified atom stereocenters. The van der Waals surface area contributed by atoms with Crippen LogP contribution in [0.3, 0.4) is 0 Å². The second kappa shape index (κ2) is 4.90. The van der Waals surface area contributed by atoms with Crippen molar-refractivity contribution in [2.45, 2.75) is 19.5 Å². The average molecular weight is 242 g/mol. The third-order valence-corrected chi connectivity index (χ3v) is 3.48. The minimum absolute atomic E-state index is 0.163. The Hall–Kier alpha value is -0.980. The third kappa shape index (κ3) is 2.58. The van der Waals surface area contributed by atoms with Gasteiger partial charge in [-0.2, -0.15) is 0 Å². The molecule has 1 aliphatic rings. The second-order valence-corrected chi connectivity index (χ2v) is 4.70. The van der Waals surface area contributed by atoms with Gasteiger partial charge in [-0.05, 0) is 6.92 Å². The largest absolute Gasteiger partial charge is 0.476 e. The number of carboxylic acids is 1. The number of rotatable bonds is 3. The second-order valence-electron chi connectivity index (χ2n) is 3.84. The lowest BCUT2D eigenvalue weighted by Gasteiger charge is -2.32. The molecule has 88 valence electrons. The number of aromatic nitrogens is 1. The van der Waals surface area contributed by atoms with Crippen LogP contribution in [0.25, 0.3) is 0 Å². The molecule has 1 atom stereocenters. The van der Waals surface area contributed by atoms with E-state index in [0.717, 1.165) is 25.5 Å². The molecular weight excluding hydrogens is 228 g/mol. The summed E-state index contributed by atoms with van der Waals surface area (Å²) in [5.41, 5.74) is 0.830. The summed E-state index contributed by atoms with van der Waals surface area (Å²) in [6.07, 6.45) is 0. The zero-order chi connectivity index (χ0) is 11.5. The van der Waals surface area contributed by atoms with Gasteiger partial charge in [-0.1, -0.05) is 0 Å². The molecule has 0 radical (unpaired) electrons. The molecule has 1 aromatic rings. The first-order valence-corrected chi connectivity index (χ1v) is 6.04. The Bertz CT molecular complexity index is 380. The number of ether oxygens (including phenoxy) is 1. The van der Waals surface area contributed by atoms with Crippen molar-refractivity contribution in [2.24, 2.45) is 0 Å². The summed E-state index contributed by atoms with van der Waals surface area (Å²) >= 11 is 1.18. The Balaban J connectivity index is 1.99. The standard InChI is InChI=1S/C10H14N2O3S/c1-7-5-15-3-2-12(7)4-8-6-16-9(11-8)10(13)14/h6-7H,2-5H2,1H3,(H,13,14). The number of hydrogen-bond donors (Lipinski definition) is 1. The third-order valence-electron chi connectivity index (χ3n) is 2.61. The average Bonchev–Trinajstić information content (AvgIpc) is 2.70. The minimum atomic E-state index is -0.953. The molecule has 1 saturated heterocycles. The smallest absolute Gasteiger partial charge is 0.365 e. The van der Waals surface area contributed by atoms with Crippen LogP contribution in [-0.4, -0.2) is 46.8 Å². The van der Waals surface area contributed by atoms with Crippen LogP contribution in [-0.2, 0) is 11.3 Å². The van der Waals surface area contributed by atoms with E-state index in [1.165, 1.54) is 11.3 Å². The van der Waals surface area contributed by atoms with Crippen LogP contribution in [0.15, 0.2) is 5.38 Å². The van der Waals surface area contributed by atoms with Crippen LogP contribution in [0.4, 0.5) is 0 Å². The Morgan fingerprint density at radius 1 is 1.81 bits per heavy atom. The van der Waals surface area contributed by atoms with Gasteiger partial charge >= 0.3 is 5.97 Å². The highest BCUT2D eigenvalue weighted by Gasteiger charge is 2.20. The van der Waals surface area contributed by atoms with Crippen molar-refractivity contribution in [1.29, 1.82) is 0 Å². The molecule has 0 aliphatic carbocycles. The fraction of sp³-hybridized carbons (Fsp3) is 0.600. The zero-order valence-electron chi connectivity index (χ0n) is 9.05. The van der Waals surface area contributed by atoms with E-state index in [9.17, 15) is 4.79 Å². The first-order valence-electron chi connectivity index (χ1n) is 5.16. The highest BCUT2D eigenvalue weighted by molar-refractivity contribution is 7.11. The van der Waals surface area contributed by atoms with E-state index in [-0.39, 0.29) is 5.01 Å². The molecule has 6 heteroatoms. The van der Waals surface area contributed by atoms with Crippen molar-refractivity contribution in [2.75, 3.05) is 19.8 Å². The summed E-state index contributed by atoms with van der Waals surface area (Å²) in [5.74, 6) is -0.953. The van der Waals surface area contributed by atoms with Crippen molar-refractivity contribution in [3.8, 4) is 0 Å². The zero-order valence-corrected chi connectivity index (χ0v) is 9.87. The molecule has 1 fully saturated rings. The molecule has 2 heterocycles. The van der Waals surface area contributed by atoms with Crippen LogP contribution in [0.5, 0.6) is 0 Å². The molecule has 16 heavy (non-hydrogen) atoms. The Labute approximate surface area is 97.7 Å². The van der Waals surface area contributed by atoms with Crippen LogP contribution in [0, 0.1) is 0 Å². The molecular formula is C10H14N2O3S. The van der Waals surface area contributed by atoms with Gasteiger partial charge in [-0.15, -0.1) is 11.3 Å². The predicted octanol–water partition coefficient (Wildman–Crippen LogP) is 1.06. The monoisotopic (exact) mass is 242 g/mol. The number of aromatic carboxylic acids is 1. The summed E-state index contributed by atoms with van der Waals surface area (Å²) < 4.78 is 5.34. The maximum atomic E-state index is 10.7. The summed E-state index contributed by atoms with van der Waals surface area (Å²) in [6.45, 7) is 5.15.